The molecule has 0 bridgehead atoms. The van der Waals surface area contributed by atoms with Gasteiger partial charge in [-0.1, -0.05) is 40.9 Å². The fourth-order valence-corrected chi connectivity index (χ4v) is 3.78. The number of benzene rings is 1. The van der Waals surface area contributed by atoms with Gasteiger partial charge in [-0.3, -0.25) is 4.57 Å². The van der Waals surface area contributed by atoms with Crippen LogP contribution in [0.5, 0.6) is 5.75 Å². The van der Waals surface area contributed by atoms with Crippen molar-refractivity contribution < 1.29 is 32.3 Å². The fraction of sp³-hybridized carbons (Fsp3) is 0.417. The van der Waals surface area contributed by atoms with Crippen molar-refractivity contribution in [1.29, 1.82) is 0 Å². The Kier molecular flexibility index (Phi) is 7.58. The van der Waals surface area contributed by atoms with Gasteiger partial charge in [0.2, 0.25) is 9.64 Å². The minimum atomic E-state index is -4.02. The Morgan fingerprint density at radius 1 is 1.30 bits per heavy atom. The highest BCUT2D eigenvalue weighted by atomic mass is 35.6. The molecule has 0 aliphatic heterocycles. The summed E-state index contributed by atoms with van der Waals surface area (Å²) in [5.74, 6) is -3.27. The van der Waals surface area contributed by atoms with E-state index in [-0.39, 0.29) is 5.75 Å². The number of carbonyl (C=O) groups is 1. The van der Waals surface area contributed by atoms with Crippen molar-refractivity contribution in [3.63, 3.8) is 0 Å². The monoisotopic (exact) mass is 408 g/mol. The maximum absolute atomic E-state index is 13.0. The molecule has 0 saturated heterocycles. The molecule has 0 aliphatic carbocycles. The first-order chi connectivity index (χ1) is 10.6. The van der Waals surface area contributed by atoms with Crippen LogP contribution in [0.4, 0.5) is 4.39 Å². The molecule has 1 unspecified atom stereocenters. The summed E-state index contributed by atoms with van der Waals surface area (Å²) in [4.78, 5) is 11.8. The van der Waals surface area contributed by atoms with E-state index < -0.39 is 35.6 Å². The van der Waals surface area contributed by atoms with E-state index >= 15 is 0 Å². The lowest BCUT2D eigenvalue weighted by Gasteiger charge is -2.28. The molecule has 0 heterocycles. The second-order valence-corrected chi connectivity index (χ2v) is 8.68. The normalized spacial score (nSPS) is 13.5. The lowest BCUT2D eigenvalue weighted by Crippen LogP contribution is -2.34. The average Bonchev–Trinajstić information content (AvgIpc) is 2.49. The van der Waals surface area contributed by atoms with Crippen LogP contribution >= 0.6 is 42.4 Å². The summed E-state index contributed by atoms with van der Waals surface area (Å²) in [6.45, 7) is -0.631. The van der Waals surface area contributed by atoms with E-state index in [1.165, 1.54) is 18.2 Å². The standard InChI is InChI=1S/C12H13Cl3FO6P/c1-19-23(18,20-2)11(12(13,14)15)22-10(17)7-21-9-5-3-4-8(16)6-9/h3-6,11H,7H2,1-2H3. The van der Waals surface area contributed by atoms with Gasteiger partial charge >= 0.3 is 13.6 Å². The van der Waals surface area contributed by atoms with E-state index in [2.05, 4.69) is 9.05 Å². The Morgan fingerprint density at radius 2 is 1.91 bits per heavy atom. The highest BCUT2D eigenvalue weighted by Crippen LogP contribution is 2.59. The van der Waals surface area contributed by atoms with Gasteiger partial charge in [0.1, 0.15) is 11.6 Å². The molecule has 6 nitrogen and oxygen atoms in total. The third kappa shape index (κ3) is 6.10. The van der Waals surface area contributed by atoms with Crippen molar-refractivity contribution in [3.05, 3.63) is 30.1 Å². The topological polar surface area (TPSA) is 71.1 Å². The van der Waals surface area contributed by atoms with E-state index in [0.717, 1.165) is 20.3 Å². The number of carbonyl (C=O) groups excluding carboxylic acids is 1. The summed E-state index contributed by atoms with van der Waals surface area (Å²) in [7, 11) is -1.93. The van der Waals surface area contributed by atoms with Crippen molar-refractivity contribution in [2.45, 2.75) is 9.64 Å². The highest BCUT2D eigenvalue weighted by molar-refractivity contribution is 7.55. The molecule has 0 radical (unpaired) electrons. The molecule has 130 valence electrons. The van der Waals surface area contributed by atoms with Crippen molar-refractivity contribution in [1.82, 2.24) is 0 Å². The zero-order chi connectivity index (χ0) is 17.7. The van der Waals surface area contributed by atoms with Crippen LogP contribution in [0.3, 0.4) is 0 Å². The number of alkyl halides is 3. The summed E-state index contributed by atoms with van der Waals surface area (Å²) in [6, 6.07) is 5.09. The molecule has 0 aromatic heterocycles. The molecule has 1 aromatic rings. The van der Waals surface area contributed by atoms with Gasteiger partial charge in [-0.15, -0.1) is 0 Å². The van der Waals surface area contributed by atoms with Crippen molar-refractivity contribution >= 4 is 48.4 Å². The van der Waals surface area contributed by atoms with Crippen molar-refractivity contribution in [2.24, 2.45) is 0 Å². The molecule has 0 N–H and O–H groups in total. The van der Waals surface area contributed by atoms with E-state index in [1.54, 1.807) is 0 Å². The molecule has 0 saturated carbocycles. The lowest BCUT2D eigenvalue weighted by atomic mass is 10.3. The first kappa shape index (κ1) is 20.5. The molecule has 0 spiro atoms. The maximum atomic E-state index is 13.0. The molecule has 0 aliphatic rings. The van der Waals surface area contributed by atoms with Gasteiger partial charge in [-0.05, 0) is 12.1 Å². The summed E-state index contributed by atoms with van der Waals surface area (Å²) in [5.41, 5.74) is 0. The first-order valence-electron chi connectivity index (χ1n) is 5.98. The van der Waals surface area contributed by atoms with Crippen LogP contribution in [0.1, 0.15) is 0 Å². The second-order valence-electron chi connectivity index (χ2n) is 4.03. The summed E-state index contributed by atoms with van der Waals surface area (Å²) >= 11 is 17.0. The van der Waals surface area contributed by atoms with Gasteiger partial charge in [-0.25, -0.2) is 9.18 Å². The molecule has 1 rings (SSSR count). The van der Waals surface area contributed by atoms with Crippen LogP contribution in [0, 0.1) is 5.82 Å². The zero-order valence-electron chi connectivity index (χ0n) is 12.0. The Labute approximate surface area is 147 Å². The quantitative estimate of drug-likeness (QED) is 0.386. The maximum Gasteiger partial charge on any atom is 0.374 e. The lowest BCUT2D eigenvalue weighted by molar-refractivity contribution is -0.148. The van der Waals surface area contributed by atoms with E-state index in [9.17, 15) is 13.8 Å². The largest absolute Gasteiger partial charge is 0.482 e. The van der Waals surface area contributed by atoms with Gasteiger partial charge < -0.3 is 18.5 Å². The van der Waals surface area contributed by atoms with Gasteiger partial charge in [0.25, 0.3) is 0 Å². The number of rotatable bonds is 7. The number of hydrogen-bond donors (Lipinski definition) is 0. The van der Waals surface area contributed by atoms with E-state index in [4.69, 9.17) is 44.3 Å². The molecular formula is C12H13Cl3FO6P. The average molecular weight is 410 g/mol. The predicted molar refractivity (Wildman–Crippen MR) is 83.7 cm³/mol. The molecule has 1 atom stereocenters. The Morgan fingerprint density at radius 3 is 2.39 bits per heavy atom. The number of hydrogen-bond acceptors (Lipinski definition) is 6. The Balaban J connectivity index is 2.76. The van der Waals surface area contributed by atoms with Crippen molar-refractivity contribution in [3.8, 4) is 5.75 Å². The molecule has 0 fully saturated rings. The molecular weight excluding hydrogens is 396 g/mol. The van der Waals surface area contributed by atoms with Crippen LogP contribution in [0.15, 0.2) is 24.3 Å². The van der Waals surface area contributed by atoms with Crippen LogP contribution in [0.25, 0.3) is 0 Å². The van der Waals surface area contributed by atoms with Crippen LogP contribution in [-0.4, -0.2) is 36.4 Å². The smallest absolute Gasteiger partial charge is 0.374 e. The summed E-state index contributed by atoms with van der Waals surface area (Å²) < 4.78 is 42.2. The molecule has 0 amide bonds. The highest BCUT2D eigenvalue weighted by Gasteiger charge is 2.51. The third-order valence-corrected chi connectivity index (χ3v) is 5.61. The fourth-order valence-electron chi connectivity index (χ4n) is 1.43. The minimum Gasteiger partial charge on any atom is -0.482 e. The number of esters is 1. The summed E-state index contributed by atoms with van der Waals surface area (Å²) in [5, 5.41) is 0. The van der Waals surface area contributed by atoms with Gasteiger partial charge in [-0.2, -0.15) is 0 Å². The number of halogens is 4. The first-order valence-corrected chi connectivity index (χ1v) is 8.72. The van der Waals surface area contributed by atoms with Crippen LogP contribution in [0.2, 0.25) is 0 Å². The molecule has 1 aromatic carbocycles. The predicted octanol–water partition coefficient (Wildman–Crippen LogP) is 3.93. The van der Waals surface area contributed by atoms with Crippen LogP contribution in [-0.2, 0) is 23.1 Å². The Hall–Kier alpha value is -0.560. The van der Waals surface area contributed by atoms with E-state index in [0.29, 0.717) is 0 Å². The molecule has 23 heavy (non-hydrogen) atoms. The second kappa shape index (κ2) is 8.51. The van der Waals surface area contributed by atoms with Gasteiger partial charge in [0.05, 0.1) is 0 Å². The van der Waals surface area contributed by atoms with Crippen molar-refractivity contribution in [2.75, 3.05) is 20.8 Å². The van der Waals surface area contributed by atoms with Gasteiger partial charge in [0.15, 0.2) is 6.61 Å². The SMILES string of the molecule is COP(=O)(OC)C(OC(=O)COc1cccc(F)c1)C(Cl)(Cl)Cl. The van der Waals surface area contributed by atoms with Gasteiger partial charge in [0, 0.05) is 20.3 Å². The summed E-state index contributed by atoms with van der Waals surface area (Å²) in [6.07, 6.45) is 0. The molecule has 11 heteroatoms. The van der Waals surface area contributed by atoms with E-state index in [1.807, 2.05) is 0 Å². The Bertz CT molecular complexity index is 586. The number of ether oxygens (including phenoxy) is 2. The zero-order valence-corrected chi connectivity index (χ0v) is 15.2. The third-order valence-electron chi connectivity index (χ3n) is 2.47. The minimum absolute atomic E-state index is 0.0917. The van der Waals surface area contributed by atoms with Crippen LogP contribution < -0.4 is 4.74 Å².